The van der Waals surface area contributed by atoms with Crippen LogP contribution in [-0.2, 0) is 13.1 Å². The summed E-state index contributed by atoms with van der Waals surface area (Å²) in [7, 11) is 0. The summed E-state index contributed by atoms with van der Waals surface area (Å²) < 4.78 is 7.66. The number of hydrogen-bond acceptors (Lipinski definition) is 7. The molecule has 6 heterocycles. The van der Waals surface area contributed by atoms with Crippen LogP contribution in [0, 0.1) is 5.92 Å². The van der Waals surface area contributed by atoms with Gasteiger partial charge in [-0.2, -0.15) is 4.98 Å². The Labute approximate surface area is 204 Å². The number of pyridine rings is 2. The van der Waals surface area contributed by atoms with E-state index >= 15 is 0 Å². The quantitative estimate of drug-likeness (QED) is 0.600. The van der Waals surface area contributed by atoms with Gasteiger partial charge in [0.15, 0.2) is 0 Å². The van der Waals surface area contributed by atoms with Crippen LogP contribution in [-0.4, -0.2) is 44.2 Å². The van der Waals surface area contributed by atoms with Crippen LogP contribution >= 0.6 is 24.8 Å². The van der Waals surface area contributed by atoms with E-state index in [0.29, 0.717) is 30.1 Å². The maximum atomic E-state index is 13.3. The SMILES string of the molecule is Cl.Cl.O=c1c(CN2CCC[C@H]2c2nc(-c3cccnc3)no2)ccc2n1C[C@@H]1CNC[C@H]2C1. The van der Waals surface area contributed by atoms with Gasteiger partial charge in [-0.1, -0.05) is 11.2 Å². The van der Waals surface area contributed by atoms with Crippen molar-refractivity contribution in [3.8, 4) is 11.4 Å². The minimum Gasteiger partial charge on any atom is -0.337 e. The fourth-order valence-electron chi connectivity index (χ4n) is 5.45. The highest BCUT2D eigenvalue weighted by Gasteiger charge is 2.34. The van der Waals surface area contributed by atoms with Crippen molar-refractivity contribution in [3.05, 3.63) is 64.2 Å². The van der Waals surface area contributed by atoms with Gasteiger partial charge in [0.25, 0.3) is 5.56 Å². The van der Waals surface area contributed by atoms with Gasteiger partial charge in [-0.25, -0.2) is 0 Å². The number of fused-ring (bicyclic) bond motifs is 4. The molecule has 3 aliphatic rings. The van der Waals surface area contributed by atoms with Crippen molar-refractivity contribution in [1.29, 1.82) is 0 Å². The molecule has 33 heavy (non-hydrogen) atoms. The molecular formula is C23H28Cl2N6O2. The van der Waals surface area contributed by atoms with Crippen LogP contribution in [0.1, 0.15) is 48.4 Å². The van der Waals surface area contributed by atoms with Crippen LogP contribution in [0.15, 0.2) is 46.0 Å². The summed E-state index contributed by atoms with van der Waals surface area (Å²) in [4.78, 5) is 24.4. The predicted octanol–water partition coefficient (Wildman–Crippen LogP) is 3.18. The first kappa shape index (κ1) is 23.9. The predicted molar refractivity (Wildman–Crippen MR) is 129 cm³/mol. The topological polar surface area (TPSA) is 89.1 Å². The number of rotatable bonds is 4. The molecule has 3 atom stereocenters. The van der Waals surface area contributed by atoms with E-state index in [0.717, 1.165) is 50.1 Å². The Morgan fingerprint density at radius 3 is 2.94 bits per heavy atom. The van der Waals surface area contributed by atoms with Crippen molar-refractivity contribution in [2.24, 2.45) is 5.92 Å². The summed E-state index contributed by atoms with van der Waals surface area (Å²) in [6, 6.07) is 8.03. The summed E-state index contributed by atoms with van der Waals surface area (Å²) in [6.45, 7) is 4.35. The highest BCUT2D eigenvalue weighted by Crippen LogP contribution is 2.34. The Balaban J connectivity index is 0.00000130. The van der Waals surface area contributed by atoms with Crippen molar-refractivity contribution < 1.29 is 4.52 Å². The molecule has 0 amide bonds. The summed E-state index contributed by atoms with van der Waals surface area (Å²) in [5.74, 6) is 2.19. The molecule has 2 fully saturated rings. The third kappa shape index (κ3) is 4.45. The second-order valence-corrected chi connectivity index (χ2v) is 8.98. The van der Waals surface area contributed by atoms with Gasteiger partial charge in [0.2, 0.25) is 11.7 Å². The fourth-order valence-corrected chi connectivity index (χ4v) is 5.45. The Morgan fingerprint density at radius 1 is 1.18 bits per heavy atom. The summed E-state index contributed by atoms with van der Waals surface area (Å²) in [5, 5.41) is 7.66. The molecule has 6 rings (SSSR count). The molecule has 8 nitrogen and oxygen atoms in total. The molecular weight excluding hydrogens is 463 g/mol. The van der Waals surface area contributed by atoms with E-state index < -0.39 is 0 Å². The Bertz CT molecular complexity index is 1150. The number of halogens is 2. The highest BCUT2D eigenvalue weighted by atomic mass is 35.5. The average molecular weight is 491 g/mol. The molecule has 0 radical (unpaired) electrons. The van der Waals surface area contributed by atoms with Gasteiger partial charge in [0.1, 0.15) is 0 Å². The Hall–Kier alpha value is -2.26. The van der Waals surface area contributed by atoms with Gasteiger partial charge >= 0.3 is 0 Å². The number of aromatic nitrogens is 4. The van der Waals surface area contributed by atoms with E-state index in [2.05, 4.69) is 31.4 Å². The molecule has 1 N–H and O–H groups in total. The average Bonchev–Trinajstić information content (AvgIpc) is 3.46. The summed E-state index contributed by atoms with van der Waals surface area (Å²) in [5.41, 5.74) is 3.06. The molecule has 3 aromatic heterocycles. The van der Waals surface area contributed by atoms with Gasteiger partial charge in [0.05, 0.1) is 6.04 Å². The maximum absolute atomic E-state index is 13.3. The molecule has 2 bridgehead atoms. The van der Waals surface area contributed by atoms with Crippen molar-refractivity contribution >= 4 is 24.8 Å². The Kier molecular flexibility index (Phi) is 7.19. The second kappa shape index (κ2) is 9.93. The van der Waals surface area contributed by atoms with Crippen molar-refractivity contribution in [1.82, 2.24) is 29.9 Å². The lowest BCUT2D eigenvalue weighted by atomic mass is 9.84. The Morgan fingerprint density at radius 2 is 2.09 bits per heavy atom. The van der Waals surface area contributed by atoms with Crippen LogP contribution < -0.4 is 10.9 Å². The minimum absolute atomic E-state index is 0. The molecule has 2 saturated heterocycles. The van der Waals surface area contributed by atoms with Crippen LogP contribution in [0.4, 0.5) is 0 Å². The van der Waals surface area contributed by atoms with Gasteiger partial charge in [-0.05, 0) is 56.5 Å². The van der Waals surface area contributed by atoms with Crippen molar-refractivity contribution in [3.63, 3.8) is 0 Å². The van der Waals surface area contributed by atoms with Gasteiger partial charge in [-0.15, -0.1) is 24.8 Å². The molecule has 176 valence electrons. The number of likely N-dealkylation sites (tertiary alicyclic amines) is 1. The van der Waals surface area contributed by atoms with E-state index in [1.807, 2.05) is 22.8 Å². The van der Waals surface area contributed by atoms with E-state index in [9.17, 15) is 4.79 Å². The van der Waals surface area contributed by atoms with Crippen LogP contribution in [0.2, 0.25) is 0 Å². The molecule has 0 unspecified atom stereocenters. The zero-order chi connectivity index (χ0) is 20.8. The lowest BCUT2D eigenvalue weighted by Crippen LogP contribution is -2.45. The number of piperidine rings is 1. The molecule has 0 aliphatic carbocycles. The summed E-state index contributed by atoms with van der Waals surface area (Å²) >= 11 is 0. The van der Waals surface area contributed by atoms with E-state index in [1.54, 1.807) is 12.4 Å². The van der Waals surface area contributed by atoms with Gasteiger partial charge in [-0.3, -0.25) is 14.7 Å². The third-order valence-corrected chi connectivity index (χ3v) is 6.97. The lowest BCUT2D eigenvalue weighted by molar-refractivity contribution is 0.199. The third-order valence-electron chi connectivity index (χ3n) is 6.97. The molecule has 3 aromatic rings. The normalized spacial score (nSPS) is 23.9. The maximum Gasteiger partial charge on any atom is 0.255 e. The fraction of sp³-hybridized carbons (Fsp3) is 0.478. The van der Waals surface area contributed by atoms with Crippen molar-refractivity contribution in [2.75, 3.05) is 19.6 Å². The number of nitrogens with zero attached hydrogens (tertiary/aromatic N) is 5. The lowest BCUT2D eigenvalue weighted by Gasteiger charge is -2.37. The smallest absolute Gasteiger partial charge is 0.255 e. The first-order chi connectivity index (χ1) is 15.3. The molecule has 0 aromatic carbocycles. The van der Waals surface area contributed by atoms with Gasteiger partial charge in [0, 0.05) is 54.8 Å². The van der Waals surface area contributed by atoms with Gasteiger partial charge < -0.3 is 14.4 Å². The van der Waals surface area contributed by atoms with E-state index in [4.69, 9.17) is 4.52 Å². The minimum atomic E-state index is 0. The highest BCUT2D eigenvalue weighted by molar-refractivity contribution is 5.85. The first-order valence-corrected chi connectivity index (χ1v) is 11.2. The molecule has 0 saturated carbocycles. The van der Waals surface area contributed by atoms with E-state index in [1.165, 1.54) is 12.1 Å². The largest absolute Gasteiger partial charge is 0.337 e. The molecule has 3 aliphatic heterocycles. The second-order valence-electron chi connectivity index (χ2n) is 8.98. The number of nitrogens with one attached hydrogen (secondary N) is 1. The van der Waals surface area contributed by atoms with Crippen molar-refractivity contribution in [2.45, 2.75) is 44.3 Å². The zero-order valence-corrected chi connectivity index (χ0v) is 19.9. The van der Waals surface area contributed by atoms with Crippen LogP contribution in [0.25, 0.3) is 11.4 Å². The van der Waals surface area contributed by atoms with E-state index in [-0.39, 0.29) is 36.4 Å². The van der Waals surface area contributed by atoms with Crippen LogP contribution in [0.5, 0.6) is 0 Å². The number of hydrogen-bond donors (Lipinski definition) is 1. The standard InChI is InChI=1S/C23H26N6O2.2ClH/c30-23-17(5-6-19-18-9-15(10-25-12-18)13-29(19)23)14-28-8-2-4-20(28)22-26-21(27-31-22)16-3-1-7-24-11-16;;/h1,3,5-7,11,15,18,20,25H,2,4,8-10,12-14H2;2*1H/t15-,18+,20-;;/m0../s1. The first-order valence-electron chi connectivity index (χ1n) is 11.2. The zero-order valence-electron chi connectivity index (χ0n) is 18.2. The van der Waals surface area contributed by atoms with Crippen LogP contribution in [0.3, 0.4) is 0 Å². The molecule has 0 spiro atoms. The molecule has 10 heteroatoms. The monoisotopic (exact) mass is 490 g/mol. The summed E-state index contributed by atoms with van der Waals surface area (Å²) in [6.07, 6.45) is 6.66.